The van der Waals surface area contributed by atoms with Crippen molar-refractivity contribution in [1.82, 2.24) is 19.9 Å². The number of aromatic amines is 1. The van der Waals surface area contributed by atoms with Gasteiger partial charge in [-0.3, -0.25) is 5.10 Å². The van der Waals surface area contributed by atoms with Crippen LogP contribution in [0.4, 0.5) is 0 Å². The van der Waals surface area contributed by atoms with Crippen LogP contribution < -0.4 is 4.72 Å². The van der Waals surface area contributed by atoms with Gasteiger partial charge in [-0.05, 0) is 46.5 Å². The van der Waals surface area contributed by atoms with Crippen LogP contribution in [0.3, 0.4) is 0 Å². The molecule has 0 saturated heterocycles. The zero-order valence-corrected chi connectivity index (χ0v) is 15.8. The Labute approximate surface area is 149 Å². The van der Waals surface area contributed by atoms with Gasteiger partial charge in [-0.2, -0.15) is 5.10 Å². The predicted molar refractivity (Wildman–Crippen MR) is 98.6 cm³/mol. The molecule has 0 radical (unpaired) electrons. The van der Waals surface area contributed by atoms with E-state index in [0.717, 1.165) is 37.1 Å². The minimum Gasteiger partial charge on any atom is -0.262 e. The monoisotopic (exact) mass is 362 g/mol. The van der Waals surface area contributed by atoms with Gasteiger partial charge in [0.1, 0.15) is 5.82 Å². The van der Waals surface area contributed by atoms with E-state index in [1.807, 2.05) is 30.3 Å². The predicted octanol–water partition coefficient (Wildman–Crippen LogP) is 3.22. The number of rotatable bonds is 4. The molecule has 1 aromatic heterocycles. The van der Waals surface area contributed by atoms with Gasteiger partial charge in [0.05, 0.1) is 4.75 Å². The molecule has 3 rings (SSSR count). The van der Waals surface area contributed by atoms with E-state index in [1.165, 1.54) is 0 Å². The van der Waals surface area contributed by atoms with E-state index in [4.69, 9.17) is 0 Å². The Hall–Kier alpha value is -1.73. The van der Waals surface area contributed by atoms with Crippen molar-refractivity contribution in [2.24, 2.45) is 0 Å². The average molecular weight is 362 g/mol. The van der Waals surface area contributed by atoms with Crippen molar-refractivity contribution < 1.29 is 8.42 Å². The van der Waals surface area contributed by atoms with Crippen molar-refractivity contribution in [2.45, 2.75) is 63.2 Å². The quantitative estimate of drug-likeness (QED) is 0.874. The third-order valence-electron chi connectivity index (χ3n) is 4.78. The van der Waals surface area contributed by atoms with E-state index >= 15 is 0 Å². The van der Waals surface area contributed by atoms with Gasteiger partial charge in [-0.15, -0.1) is 0 Å². The summed E-state index contributed by atoms with van der Waals surface area (Å²) < 4.78 is 26.7. The van der Waals surface area contributed by atoms with Crippen molar-refractivity contribution in [3.05, 3.63) is 36.2 Å². The summed E-state index contributed by atoms with van der Waals surface area (Å²) >= 11 is 0. The summed E-state index contributed by atoms with van der Waals surface area (Å²) in [5.74, 6) is 1.92. The fourth-order valence-electron chi connectivity index (χ4n) is 3.05. The lowest BCUT2D eigenvalue weighted by Gasteiger charge is -2.30. The first-order valence-electron chi connectivity index (χ1n) is 8.76. The maximum absolute atomic E-state index is 12.3. The molecule has 0 atom stereocenters. The highest BCUT2D eigenvalue weighted by Crippen LogP contribution is 2.32. The van der Waals surface area contributed by atoms with E-state index in [1.54, 1.807) is 20.8 Å². The number of hydrogen-bond acceptors (Lipinski definition) is 4. The first-order valence-corrected chi connectivity index (χ1v) is 10.2. The lowest BCUT2D eigenvalue weighted by molar-refractivity contribution is 0.363. The first-order chi connectivity index (χ1) is 11.8. The van der Waals surface area contributed by atoms with Gasteiger partial charge < -0.3 is 0 Å². The minimum atomic E-state index is -3.30. The number of aromatic nitrogens is 3. The smallest absolute Gasteiger partial charge is 0.216 e. The topological polar surface area (TPSA) is 87.7 Å². The summed E-state index contributed by atoms with van der Waals surface area (Å²) in [4.78, 5) is 4.64. The summed E-state index contributed by atoms with van der Waals surface area (Å²) in [7, 11) is -3.30. The van der Waals surface area contributed by atoms with Gasteiger partial charge in [0.25, 0.3) is 0 Å². The van der Waals surface area contributed by atoms with E-state index < -0.39 is 14.8 Å². The highest BCUT2D eigenvalue weighted by molar-refractivity contribution is 7.90. The van der Waals surface area contributed by atoms with Gasteiger partial charge in [0, 0.05) is 17.5 Å². The second kappa shape index (κ2) is 6.88. The molecule has 0 spiro atoms. The Kier molecular flexibility index (Phi) is 4.97. The molecule has 0 unspecified atom stereocenters. The van der Waals surface area contributed by atoms with Crippen LogP contribution in [0.1, 0.15) is 58.2 Å². The fourth-order valence-corrected chi connectivity index (χ4v) is 4.08. The number of H-pyrrole nitrogens is 1. The van der Waals surface area contributed by atoms with Crippen LogP contribution in [0, 0.1) is 0 Å². The molecule has 1 aliphatic rings. The molecule has 1 saturated carbocycles. The molecule has 6 nitrogen and oxygen atoms in total. The van der Waals surface area contributed by atoms with Crippen LogP contribution in [0.2, 0.25) is 0 Å². The average Bonchev–Trinajstić information content (AvgIpc) is 3.05. The van der Waals surface area contributed by atoms with Crippen LogP contribution in [0.5, 0.6) is 0 Å². The van der Waals surface area contributed by atoms with Crippen molar-refractivity contribution in [3.63, 3.8) is 0 Å². The summed E-state index contributed by atoms with van der Waals surface area (Å²) in [5.41, 5.74) is 0.997. The molecule has 1 aromatic carbocycles. The molecule has 1 aliphatic carbocycles. The van der Waals surface area contributed by atoms with Gasteiger partial charge in [0.15, 0.2) is 5.82 Å². The minimum absolute atomic E-state index is 0.0111. The van der Waals surface area contributed by atoms with Gasteiger partial charge >= 0.3 is 0 Å². The molecule has 7 heteroatoms. The van der Waals surface area contributed by atoms with Crippen LogP contribution >= 0.6 is 0 Å². The van der Waals surface area contributed by atoms with Crippen molar-refractivity contribution in [2.75, 3.05) is 0 Å². The van der Waals surface area contributed by atoms with Crippen LogP contribution in [-0.4, -0.2) is 34.4 Å². The van der Waals surface area contributed by atoms with E-state index in [2.05, 4.69) is 19.9 Å². The zero-order valence-electron chi connectivity index (χ0n) is 15.0. The molecule has 2 N–H and O–H groups in total. The number of sulfonamides is 1. The third-order valence-corrected chi connectivity index (χ3v) is 7.03. The Morgan fingerprint density at radius 2 is 1.72 bits per heavy atom. The molecule has 136 valence electrons. The second-order valence-corrected chi connectivity index (χ2v) is 10.2. The molecular formula is C18H26N4O2S. The van der Waals surface area contributed by atoms with Gasteiger partial charge in [-0.25, -0.2) is 18.1 Å². The second-order valence-electron chi connectivity index (χ2n) is 7.69. The summed E-state index contributed by atoms with van der Waals surface area (Å²) in [6.07, 6.45) is 3.45. The number of benzene rings is 1. The first kappa shape index (κ1) is 18.1. The summed E-state index contributed by atoms with van der Waals surface area (Å²) in [6, 6.07) is 9.90. The maximum Gasteiger partial charge on any atom is 0.216 e. The van der Waals surface area contributed by atoms with Gasteiger partial charge in [-0.1, -0.05) is 30.3 Å². The maximum atomic E-state index is 12.3. The molecule has 0 bridgehead atoms. The van der Waals surface area contributed by atoms with Crippen LogP contribution in [-0.2, 0) is 10.0 Å². The number of nitrogens with zero attached hydrogens (tertiary/aromatic N) is 2. The van der Waals surface area contributed by atoms with Gasteiger partial charge in [0.2, 0.25) is 10.0 Å². The molecular weight excluding hydrogens is 336 g/mol. The van der Waals surface area contributed by atoms with Crippen LogP contribution in [0.15, 0.2) is 30.3 Å². The standard InChI is InChI=1S/C18H26N4O2S/c1-18(2,3)25(23,24)22-15-11-9-14(10-12-15)17-19-16(20-21-17)13-7-5-4-6-8-13/h4-8,14-15,22H,9-12H2,1-3H3,(H,19,20,21)/t14-,15-. The van der Waals surface area contributed by atoms with Crippen molar-refractivity contribution in [3.8, 4) is 11.4 Å². The molecule has 1 fully saturated rings. The molecule has 1 heterocycles. The highest BCUT2D eigenvalue weighted by atomic mass is 32.2. The Bertz CT molecular complexity index is 801. The third kappa shape index (κ3) is 4.10. The molecule has 2 aromatic rings. The van der Waals surface area contributed by atoms with E-state index in [9.17, 15) is 8.42 Å². The molecule has 0 amide bonds. The summed E-state index contributed by atoms with van der Waals surface area (Å²) in [5, 5.41) is 7.39. The Morgan fingerprint density at radius 3 is 2.32 bits per heavy atom. The lowest BCUT2D eigenvalue weighted by Crippen LogP contribution is -2.45. The lowest BCUT2D eigenvalue weighted by atomic mass is 9.86. The molecule has 25 heavy (non-hydrogen) atoms. The normalized spacial score (nSPS) is 22.0. The molecule has 0 aliphatic heterocycles. The zero-order chi connectivity index (χ0) is 18.1. The van der Waals surface area contributed by atoms with E-state index in [-0.39, 0.29) is 6.04 Å². The highest BCUT2D eigenvalue weighted by Gasteiger charge is 2.33. The summed E-state index contributed by atoms with van der Waals surface area (Å²) in [6.45, 7) is 5.17. The number of nitrogens with one attached hydrogen (secondary N) is 2. The fraction of sp³-hybridized carbons (Fsp3) is 0.556. The Morgan fingerprint density at radius 1 is 1.08 bits per heavy atom. The van der Waals surface area contributed by atoms with E-state index in [0.29, 0.717) is 11.7 Å². The van der Waals surface area contributed by atoms with Crippen molar-refractivity contribution in [1.29, 1.82) is 0 Å². The van der Waals surface area contributed by atoms with Crippen molar-refractivity contribution >= 4 is 10.0 Å². The largest absolute Gasteiger partial charge is 0.262 e. The Balaban J connectivity index is 1.61. The SMILES string of the molecule is CC(C)(C)S(=O)(=O)N[C@H]1CC[C@H](c2nc(-c3ccccc3)n[nH]2)CC1. The number of hydrogen-bond donors (Lipinski definition) is 2. The van der Waals surface area contributed by atoms with Crippen LogP contribution in [0.25, 0.3) is 11.4 Å².